The highest BCUT2D eigenvalue weighted by molar-refractivity contribution is 7.10. The zero-order chi connectivity index (χ0) is 12.8. The van der Waals surface area contributed by atoms with Crippen LogP contribution in [0.5, 0.6) is 0 Å². The van der Waals surface area contributed by atoms with Crippen LogP contribution in [0.25, 0.3) is 0 Å². The van der Waals surface area contributed by atoms with Crippen LogP contribution in [0.3, 0.4) is 0 Å². The lowest BCUT2D eigenvalue weighted by atomic mass is 10.2. The molecule has 18 heavy (non-hydrogen) atoms. The van der Waals surface area contributed by atoms with Gasteiger partial charge in [0.1, 0.15) is 10.7 Å². The van der Waals surface area contributed by atoms with E-state index in [-0.39, 0.29) is 0 Å². The number of anilines is 1. The van der Waals surface area contributed by atoms with E-state index in [1.54, 1.807) is 0 Å². The molecule has 6 heteroatoms. The number of ether oxygens (including phenoxy) is 1. The van der Waals surface area contributed by atoms with E-state index in [1.165, 1.54) is 11.5 Å². The predicted octanol–water partition coefficient (Wildman–Crippen LogP) is 1.97. The molecule has 0 saturated carbocycles. The van der Waals surface area contributed by atoms with E-state index in [0.717, 1.165) is 56.3 Å². The Morgan fingerprint density at radius 1 is 1.50 bits per heavy atom. The van der Waals surface area contributed by atoms with Crippen LogP contribution in [-0.2, 0) is 11.3 Å². The number of hydrogen-bond donors (Lipinski definition) is 1. The van der Waals surface area contributed by atoms with Crippen molar-refractivity contribution in [1.82, 2.24) is 14.5 Å². The highest BCUT2D eigenvalue weighted by Gasteiger charge is 2.21. The molecule has 0 radical (unpaired) electrons. The van der Waals surface area contributed by atoms with Gasteiger partial charge in [-0.1, -0.05) is 18.3 Å². The maximum atomic E-state index is 5.68. The summed E-state index contributed by atoms with van der Waals surface area (Å²) in [5.74, 6) is 0. The molecule has 1 fully saturated rings. The number of nitrogens with zero attached hydrogens (tertiary/aromatic N) is 3. The summed E-state index contributed by atoms with van der Waals surface area (Å²) in [6.07, 6.45) is 2.57. The third-order valence-electron chi connectivity index (χ3n) is 3.14. The molecule has 2 heterocycles. The number of nitrogens with one attached hydrogen (secondary N) is 1. The van der Waals surface area contributed by atoms with Gasteiger partial charge in [-0.2, -0.15) is 0 Å². The maximum Gasteiger partial charge on any atom is 0.134 e. The molecule has 0 spiro atoms. The third-order valence-corrected chi connectivity index (χ3v) is 3.87. The fourth-order valence-corrected chi connectivity index (χ4v) is 2.67. The van der Waals surface area contributed by atoms with Crippen LogP contribution < -0.4 is 5.32 Å². The molecular formula is C12H22N4OS. The Kier molecular flexibility index (Phi) is 5.34. The number of morpholine rings is 1. The summed E-state index contributed by atoms with van der Waals surface area (Å²) in [7, 11) is 0. The fourth-order valence-electron chi connectivity index (χ4n) is 2.07. The van der Waals surface area contributed by atoms with Gasteiger partial charge < -0.3 is 10.1 Å². The van der Waals surface area contributed by atoms with E-state index in [4.69, 9.17) is 4.74 Å². The lowest BCUT2D eigenvalue weighted by molar-refractivity contribution is -0.0327. The molecule has 1 aliphatic heterocycles. The first kappa shape index (κ1) is 13.7. The second kappa shape index (κ2) is 7.01. The second-order valence-corrected chi connectivity index (χ2v) is 5.37. The molecule has 0 bridgehead atoms. The van der Waals surface area contributed by atoms with Crippen molar-refractivity contribution in [2.24, 2.45) is 0 Å². The molecule has 1 atom stereocenters. The second-order valence-electron chi connectivity index (χ2n) is 4.61. The minimum absolute atomic E-state index is 0.373. The Labute approximate surface area is 113 Å². The van der Waals surface area contributed by atoms with Gasteiger partial charge >= 0.3 is 0 Å². The highest BCUT2D eigenvalue weighted by atomic mass is 32.1. The zero-order valence-corrected chi connectivity index (χ0v) is 12.0. The summed E-state index contributed by atoms with van der Waals surface area (Å²) in [4.78, 5) is 2.41. The van der Waals surface area contributed by atoms with Crippen LogP contribution in [0.2, 0.25) is 0 Å². The van der Waals surface area contributed by atoms with Crippen molar-refractivity contribution in [3.63, 3.8) is 0 Å². The molecule has 1 saturated heterocycles. The van der Waals surface area contributed by atoms with Crippen LogP contribution in [0.15, 0.2) is 0 Å². The van der Waals surface area contributed by atoms with Gasteiger partial charge in [0.2, 0.25) is 0 Å². The Hall–Kier alpha value is -0.720. The van der Waals surface area contributed by atoms with Crippen LogP contribution in [0.4, 0.5) is 5.00 Å². The standard InChI is InChI=1S/C12H22N4OS/c1-3-5-13-12-11(14-15-18-12)9-16-6-7-17-10(4-2)8-16/h10,13H,3-9H2,1-2H3. The van der Waals surface area contributed by atoms with E-state index in [0.29, 0.717) is 6.10 Å². The van der Waals surface area contributed by atoms with Crippen molar-refractivity contribution < 1.29 is 4.74 Å². The van der Waals surface area contributed by atoms with Crippen molar-refractivity contribution in [2.45, 2.75) is 39.3 Å². The molecule has 1 aliphatic rings. The molecule has 0 amide bonds. The van der Waals surface area contributed by atoms with Gasteiger partial charge in [-0.3, -0.25) is 4.90 Å². The molecule has 0 aliphatic carbocycles. The molecule has 1 aromatic heterocycles. The first-order valence-electron chi connectivity index (χ1n) is 6.72. The monoisotopic (exact) mass is 270 g/mol. The lowest BCUT2D eigenvalue weighted by Crippen LogP contribution is -2.41. The van der Waals surface area contributed by atoms with Gasteiger partial charge in [-0.15, -0.1) is 5.10 Å². The van der Waals surface area contributed by atoms with E-state index in [2.05, 4.69) is 33.7 Å². The summed E-state index contributed by atoms with van der Waals surface area (Å²) >= 11 is 1.45. The third kappa shape index (κ3) is 3.63. The number of rotatable bonds is 6. The Bertz CT molecular complexity index is 358. The SMILES string of the molecule is CCCNc1snnc1CN1CCOC(CC)C1. The number of aromatic nitrogens is 2. The summed E-state index contributed by atoms with van der Waals surface area (Å²) in [5.41, 5.74) is 1.07. The molecule has 102 valence electrons. The molecule has 1 aromatic rings. The van der Waals surface area contributed by atoms with E-state index < -0.39 is 0 Å². The highest BCUT2D eigenvalue weighted by Crippen LogP contribution is 2.20. The first-order chi connectivity index (χ1) is 8.83. The van der Waals surface area contributed by atoms with Crippen LogP contribution in [-0.4, -0.2) is 46.8 Å². The summed E-state index contributed by atoms with van der Waals surface area (Å²) < 4.78 is 9.73. The largest absolute Gasteiger partial charge is 0.376 e. The van der Waals surface area contributed by atoms with Gasteiger partial charge in [-0.05, 0) is 12.8 Å². The van der Waals surface area contributed by atoms with Gasteiger partial charge in [-0.25, -0.2) is 0 Å². The minimum atomic E-state index is 0.373. The van der Waals surface area contributed by atoms with Gasteiger partial charge in [0.15, 0.2) is 0 Å². The van der Waals surface area contributed by atoms with Crippen LogP contribution in [0, 0.1) is 0 Å². The Morgan fingerprint density at radius 3 is 3.17 bits per heavy atom. The van der Waals surface area contributed by atoms with Crippen molar-refractivity contribution in [2.75, 3.05) is 31.6 Å². The van der Waals surface area contributed by atoms with E-state index in [9.17, 15) is 0 Å². The summed E-state index contributed by atoms with van der Waals surface area (Å²) in [5, 5.41) is 8.75. The molecule has 1 N–H and O–H groups in total. The Balaban J connectivity index is 1.90. The summed E-state index contributed by atoms with van der Waals surface area (Å²) in [6, 6.07) is 0. The smallest absolute Gasteiger partial charge is 0.134 e. The molecule has 2 rings (SSSR count). The fraction of sp³-hybridized carbons (Fsp3) is 0.833. The lowest BCUT2D eigenvalue weighted by Gasteiger charge is -2.31. The van der Waals surface area contributed by atoms with Gasteiger partial charge in [0, 0.05) is 37.7 Å². The molecular weight excluding hydrogens is 248 g/mol. The van der Waals surface area contributed by atoms with E-state index >= 15 is 0 Å². The van der Waals surface area contributed by atoms with Crippen molar-refractivity contribution in [1.29, 1.82) is 0 Å². The average molecular weight is 270 g/mol. The summed E-state index contributed by atoms with van der Waals surface area (Å²) in [6.45, 7) is 9.01. The maximum absolute atomic E-state index is 5.68. The van der Waals surface area contributed by atoms with Gasteiger partial charge in [0.05, 0.1) is 12.7 Å². The quantitative estimate of drug-likeness (QED) is 0.856. The normalized spacial score (nSPS) is 21.1. The Morgan fingerprint density at radius 2 is 2.39 bits per heavy atom. The minimum Gasteiger partial charge on any atom is -0.376 e. The average Bonchev–Trinajstić information content (AvgIpc) is 2.84. The van der Waals surface area contributed by atoms with Crippen molar-refractivity contribution in [3.05, 3.63) is 5.69 Å². The zero-order valence-electron chi connectivity index (χ0n) is 11.2. The molecule has 0 aromatic carbocycles. The van der Waals surface area contributed by atoms with Gasteiger partial charge in [0.25, 0.3) is 0 Å². The predicted molar refractivity (Wildman–Crippen MR) is 74.0 cm³/mol. The van der Waals surface area contributed by atoms with Crippen LogP contribution in [0.1, 0.15) is 32.4 Å². The van der Waals surface area contributed by atoms with Crippen molar-refractivity contribution >= 4 is 16.5 Å². The topological polar surface area (TPSA) is 50.3 Å². The van der Waals surface area contributed by atoms with Crippen molar-refractivity contribution in [3.8, 4) is 0 Å². The first-order valence-corrected chi connectivity index (χ1v) is 7.49. The number of hydrogen-bond acceptors (Lipinski definition) is 6. The molecule has 5 nitrogen and oxygen atoms in total. The van der Waals surface area contributed by atoms with Crippen LogP contribution >= 0.6 is 11.5 Å². The molecule has 1 unspecified atom stereocenters. The van der Waals surface area contributed by atoms with E-state index in [1.807, 2.05) is 0 Å².